The van der Waals surface area contributed by atoms with Gasteiger partial charge >= 0.3 is 6.18 Å². The molecule has 0 aliphatic heterocycles. The van der Waals surface area contributed by atoms with Crippen LogP contribution in [0.4, 0.5) is 23.4 Å². The van der Waals surface area contributed by atoms with Crippen LogP contribution in [0.1, 0.15) is 56.6 Å². The average Bonchev–Trinajstić information content (AvgIpc) is 3.23. The molecule has 2 atom stereocenters. The highest BCUT2D eigenvalue weighted by Gasteiger charge is 2.58. The topological polar surface area (TPSA) is 77.0 Å². The first-order chi connectivity index (χ1) is 13.0. The molecule has 2 unspecified atom stereocenters. The second kappa shape index (κ2) is 6.17. The fraction of sp³-hybridized carbons (Fsp3) is 0.579. The summed E-state index contributed by atoms with van der Waals surface area (Å²) in [6.45, 7) is 3.64. The molecule has 5 rings (SSSR count). The number of pyridine rings is 1. The standard InChI is InChI=1S/C19H22F4N4O/c1-9(2)15(28)17-26-13(8-27(17)14-6-18(20)4-11(14)5-18)10-3-12(19(21,22)23)16(24)25-7-10/h3,7-9,11,14-15,28H,4-6H2,1-2H3,(H2,24,25). The summed E-state index contributed by atoms with van der Waals surface area (Å²) in [6, 6.07) is 0.754. The van der Waals surface area contributed by atoms with Crippen molar-refractivity contribution in [1.82, 2.24) is 14.5 Å². The molecule has 9 heteroatoms. The zero-order valence-corrected chi connectivity index (χ0v) is 15.5. The molecule has 3 aliphatic rings. The Balaban J connectivity index is 1.78. The summed E-state index contributed by atoms with van der Waals surface area (Å²) in [6.07, 6.45) is -1.43. The van der Waals surface area contributed by atoms with Gasteiger partial charge in [0, 0.05) is 30.4 Å². The molecule has 0 amide bonds. The number of aromatic nitrogens is 3. The Bertz CT molecular complexity index is 902. The van der Waals surface area contributed by atoms with E-state index >= 15 is 0 Å². The van der Waals surface area contributed by atoms with Crippen LogP contribution in [0.25, 0.3) is 11.3 Å². The van der Waals surface area contributed by atoms with E-state index in [4.69, 9.17) is 5.73 Å². The van der Waals surface area contributed by atoms with Crippen LogP contribution in [0, 0.1) is 11.8 Å². The molecule has 3 saturated carbocycles. The Labute approximate surface area is 159 Å². The largest absolute Gasteiger partial charge is 0.419 e. The molecular formula is C19H22F4N4O. The van der Waals surface area contributed by atoms with Crippen molar-refractivity contribution >= 4 is 5.82 Å². The second-order valence-electron chi connectivity index (χ2n) is 8.33. The number of nitrogens with zero attached hydrogens (tertiary/aromatic N) is 3. The fourth-order valence-electron chi connectivity index (χ4n) is 4.36. The van der Waals surface area contributed by atoms with Gasteiger partial charge in [-0.25, -0.2) is 14.4 Å². The Hall–Kier alpha value is -2.16. The minimum Gasteiger partial charge on any atom is -0.385 e. The fourth-order valence-corrected chi connectivity index (χ4v) is 4.36. The third-order valence-electron chi connectivity index (χ3n) is 5.91. The number of imidazole rings is 1. The van der Waals surface area contributed by atoms with Crippen molar-refractivity contribution in [2.24, 2.45) is 11.8 Å². The van der Waals surface area contributed by atoms with Crippen LogP contribution < -0.4 is 5.73 Å². The number of nitrogen functional groups attached to an aromatic ring is 1. The maximum atomic E-state index is 14.4. The number of hydrogen-bond acceptors (Lipinski definition) is 4. The van der Waals surface area contributed by atoms with Gasteiger partial charge in [-0.15, -0.1) is 0 Å². The molecule has 152 valence electrons. The van der Waals surface area contributed by atoms with Crippen LogP contribution in [0.3, 0.4) is 0 Å². The molecule has 2 aromatic rings. The summed E-state index contributed by atoms with van der Waals surface area (Å²) in [7, 11) is 0. The molecule has 2 heterocycles. The number of nitrogens with two attached hydrogens (primary N) is 1. The summed E-state index contributed by atoms with van der Waals surface area (Å²) >= 11 is 0. The zero-order valence-electron chi connectivity index (χ0n) is 15.5. The lowest BCUT2D eigenvalue weighted by atomic mass is 9.81. The number of rotatable bonds is 4. The van der Waals surface area contributed by atoms with Gasteiger partial charge in [0.1, 0.15) is 23.4 Å². The molecule has 3 aliphatic carbocycles. The molecule has 0 spiro atoms. The molecule has 2 bridgehead atoms. The summed E-state index contributed by atoms with van der Waals surface area (Å²) in [5.74, 6) is -0.258. The summed E-state index contributed by atoms with van der Waals surface area (Å²) in [5, 5.41) is 10.6. The quantitative estimate of drug-likeness (QED) is 0.753. The van der Waals surface area contributed by atoms with Gasteiger partial charge in [-0.05, 0) is 30.7 Å². The average molecular weight is 398 g/mol. The van der Waals surface area contributed by atoms with Gasteiger partial charge in [0.05, 0.1) is 11.3 Å². The highest BCUT2D eigenvalue weighted by Crippen LogP contribution is 2.60. The summed E-state index contributed by atoms with van der Waals surface area (Å²) in [4.78, 5) is 8.08. The van der Waals surface area contributed by atoms with E-state index in [-0.39, 0.29) is 29.1 Å². The lowest BCUT2D eigenvalue weighted by molar-refractivity contribution is -0.137. The summed E-state index contributed by atoms with van der Waals surface area (Å²) < 4.78 is 55.7. The van der Waals surface area contributed by atoms with Crippen molar-refractivity contribution in [3.63, 3.8) is 0 Å². The monoisotopic (exact) mass is 398 g/mol. The Morgan fingerprint density at radius 1 is 1.29 bits per heavy atom. The van der Waals surface area contributed by atoms with E-state index < -0.39 is 29.3 Å². The van der Waals surface area contributed by atoms with Gasteiger partial charge in [-0.2, -0.15) is 13.2 Å². The van der Waals surface area contributed by atoms with E-state index in [0.717, 1.165) is 6.07 Å². The Morgan fingerprint density at radius 3 is 2.50 bits per heavy atom. The number of aliphatic hydroxyl groups excluding tert-OH is 1. The Morgan fingerprint density at radius 2 is 1.96 bits per heavy atom. The van der Waals surface area contributed by atoms with Gasteiger partial charge in [0.2, 0.25) is 0 Å². The highest BCUT2D eigenvalue weighted by molar-refractivity contribution is 5.62. The van der Waals surface area contributed by atoms with Gasteiger partial charge in [-0.1, -0.05) is 13.8 Å². The van der Waals surface area contributed by atoms with E-state index in [0.29, 0.717) is 25.1 Å². The minimum absolute atomic E-state index is 0.151. The van der Waals surface area contributed by atoms with E-state index in [1.54, 1.807) is 10.8 Å². The number of aliphatic hydroxyl groups is 1. The molecule has 3 N–H and O–H groups in total. The molecule has 0 radical (unpaired) electrons. The molecule has 28 heavy (non-hydrogen) atoms. The van der Waals surface area contributed by atoms with Crippen LogP contribution >= 0.6 is 0 Å². The number of hydrogen-bond donors (Lipinski definition) is 2. The highest BCUT2D eigenvalue weighted by atomic mass is 19.4. The van der Waals surface area contributed by atoms with E-state index in [1.807, 2.05) is 13.8 Å². The second-order valence-corrected chi connectivity index (χ2v) is 8.33. The Kier molecular flexibility index (Phi) is 4.22. The SMILES string of the molecule is CC(C)C(O)c1nc(-c2cnc(N)c(C(F)(F)F)c2)cn1C1CC2(F)CC1C2. The third kappa shape index (κ3) is 3.05. The zero-order chi connectivity index (χ0) is 20.4. The molecule has 3 fully saturated rings. The van der Waals surface area contributed by atoms with Crippen molar-refractivity contribution in [3.8, 4) is 11.3 Å². The van der Waals surface area contributed by atoms with E-state index in [9.17, 15) is 22.7 Å². The van der Waals surface area contributed by atoms with Gasteiger partial charge in [0.15, 0.2) is 0 Å². The van der Waals surface area contributed by atoms with Crippen molar-refractivity contribution < 1.29 is 22.7 Å². The predicted molar refractivity (Wildman–Crippen MR) is 94.9 cm³/mol. The van der Waals surface area contributed by atoms with Gasteiger partial charge in [-0.3, -0.25) is 0 Å². The molecule has 0 saturated heterocycles. The predicted octanol–water partition coefficient (Wildman–Crippen LogP) is 4.30. The lowest BCUT2D eigenvalue weighted by Gasteiger charge is -2.30. The smallest absolute Gasteiger partial charge is 0.385 e. The van der Waals surface area contributed by atoms with Crippen LogP contribution in [-0.4, -0.2) is 25.3 Å². The van der Waals surface area contributed by atoms with Crippen molar-refractivity contribution in [1.29, 1.82) is 0 Å². The van der Waals surface area contributed by atoms with E-state index in [2.05, 4.69) is 9.97 Å². The van der Waals surface area contributed by atoms with E-state index in [1.165, 1.54) is 6.20 Å². The van der Waals surface area contributed by atoms with Crippen LogP contribution in [0.2, 0.25) is 0 Å². The van der Waals surface area contributed by atoms with Crippen LogP contribution in [0.15, 0.2) is 18.5 Å². The van der Waals surface area contributed by atoms with Crippen molar-refractivity contribution in [3.05, 3.63) is 29.8 Å². The maximum Gasteiger partial charge on any atom is 0.419 e. The molecule has 2 aromatic heterocycles. The third-order valence-corrected chi connectivity index (χ3v) is 5.91. The molecule has 0 aromatic carbocycles. The number of anilines is 1. The van der Waals surface area contributed by atoms with Gasteiger partial charge in [0.25, 0.3) is 0 Å². The number of alkyl halides is 4. The number of halogens is 4. The van der Waals surface area contributed by atoms with Crippen LogP contribution in [-0.2, 0) is 6.18 Å². The summed E-state index contributed by atoms with van der Waals surface area (Å²) in [5.41, 5.74) is 3.58. The first-order valence-corrected chi connectivity index (χ1v) is 9.27. The molecule has 5 nitrogen and oxygen atoms in total. The van der Waals surface area contributed by atoms with Crippen LogP contribution in [0.5, 0.6) is 0 Å². The number of fused-ring (bicyclic) bond motifs is 1. The first-order valence-electron chi connectivity index (χ1n) is 9.27. The van der Waals surface area contributed by atoms with Crippen molar-refractivity contribution in [2.45, 2.75) is 57.1 Å². The normalized spacial score (nSPS) is 27.9. The lowest BCUT2D eigenvalue weighted by Crippen LogP contribution is -2.30. The molecular weight excluding hydrogens is 376 g/mol. The van der Waals surface area contributed by atoms with Crippen molar-refractivity contribution in [2.75, 3.05) is 5.73 Å². The van der Waals surface area contributed by atoms with Gasteiger partial charge < -0.3 is 15.4 Å². The first kappa shape index (κ1) is 19.2. The minimum atomic E-state index is -4.64. The maximum absolute atomic E-state index is 14.4.